The summed E-state index contributed by atoms with van der Waals surface area (Å²) in [4.78, 5) is 99.8. The van der Waals surface area contributed by atoms with Gasteiger partial charge in [-0.25, -0.2) is 0 Å². The van der Waals surface area contributed by atoms with Crippen LogP contribution < -0.4 is 31.9 Å². The Morgan fingerprint density at radius 3 is 2.16 bits per heavy atom. The van der Waals surface area contributed by atoms with E-state index in [4.69, 9.17) is 0 Å². The van der Waals surface area contributed by atoms with E-state index in [-0.39, 0.29) is 49.5 Å². The second-order valence-corrected chi connectivity index (χ2v) is 19.9. The Hall–Kier alpha value is -4.57. The Labute approximate surface area is 357 Å². The van der Waals surface area contributed by atoms with E-state index >= 15 is 0 Å². The average Bonchev–Trinajstić information content (AvgIpc) is 3.81. The molecule has 8 rings (SSSR count). The van der Waals surface area contributed by atoms with E-state index in [0.717, 1.165) is 32.1 Å². The molecule has 0 aromatic heterocycles. The minimum absolute atomic E-state index is 0.00483. The number of amides is 7. The summed E-state index contributed by atoms with van der Waals surface area (Å²) in [7, 11) is 0. The van der Waals surface area contributed by atoms with Crippen LogP contribution in [0.2, 0.25) is 0 Å². The highest BCUT2D eigenvalue weighted by Gasteiger charge is 2.58. The lowest BCUT2D eigenvalue weighted by molar-refractivity contribution is -0.169. The molecule has 1 aromatic rings. The van der Waals surface area contributed by atoms with E-state index in [1.165, 1.54) is 18.7 Å². The van der Waals surface area contributed by atoms with Crippen molar-refractivity contribution in [2.75, 3.05) is 6.54 Å². The summed E-state index contributed by atoms with van der Waals surface area (Å²) in [6, 6.07) is 1.69. The van der Waals surface area contributed by atoms with Crippen molar-refractivity contribution in [2.45, 2.75) is 165 Å². The maximum atomic E-state index is 14.9. The third kappa shape index (κ3) is 10.2. The summed E-state index contributed by atoms with van der Waals surface area (Å²) in [5, 5.41) is 39.3. The topological polar surface area (TPSA) is 235 Å². The van der Waals surface area contributed by atoms with Crippen LogP contribution in [0.25, 0.3) is 0 Å². The molecule has 11 atom stereocenters. The number of rotatable bonds is 8. The molecule has 16 nitrogen and oxygen atoms in total. The van der Waals surface area contributed by atoms with Gasteiger partial charge in [-0.05, 0) is 107 Å². The van der Waals surface area contributed by atoms with Gasteiger partial charge in [-0.2, -0.15) is 0 Å². The number of carbonyl (C=O) groups is 7. The zero-order chi connectivity index (χ0) is 43.8. The Balaban J connectivity index is 1.18. The third-order valence-corrected chi connectivity index (χ3v) is 14.2. The van der Waals surface area contributed by atoms with Crippen molar-refractivity contribution < 1.29 is 43.8 Å². The minimum atomic E-state index is -1.51. The van der Waals surface area contributed by atoms with Crippen LogP contribution in [0.15, 0.2) is 30.3 Å². The Kier molecular flexibility index (Phi) is 13.2. The van der Waals surface area contributed by atoms with Gasteiger partial charge in [-0.1, -0.05) is 50.6 Å². The van der Waals surface area contributed by atoms with Crippen LogP contribution in [0.5, 0.6) is 0 Å². The van der Waals surface area contributed by atoms with Crippen molar-refractivity contribution in [3.63, 3.8) is 0 Å². The Bertz CT molecular complexity index is 1840. The van der Waals surface area contributed by atoms with Crippen molar-refractivity contribution >= 4 is 41.4 Å². The minimum Gasteiger partial charge on any atom is -0.391 e. The maximum Gasteiger partial charge on any atom is 0.246 e. The first-order chi connectivity index (χ1) is 28.9. The number of hydrogen-bond acceptors (Lipinski definition) is 9. The van der Waals surface area contributed by atoms with Crippen molar-refractivity contribution in [3.8, 4) is 0 Å². The number of carbonyl (C=O) groups excluding carboxylic acids is 7. The fourth-order valence-corrected chi connectivity index (χ4v) is 11.9. The monoisotopic (exact) mass is 847 g/mol. The Morgan fingerprint density at radius 1 is 0.820 bits per heavy atom. The molecule has 7 amide bonds. The molecule has 4 bridgehead atoms. The predicted molar refractivity (Wildman–Crippen MR) is 223 cm³/mol. The number of fused-ring (bicyclic) bond motifs is 2. The molecule has 0 radical (unpaired) electrons. The van der Waals surface area contributed by atoms with Gasteiger partial charge < -0.3 is 47.0 Å². The number of nitrogens with one attached hydrogen (secondary N) is 6. The smallest absolute Gasteiger partial charge is 0.246 e. The normalized spacial score (nSPS) is 37.6. The van der Waals surface area contributed by atoms with E-state index in [1.807, 2.05) is 19.9 Å². The van der Waals surface area contributed by atoms with Crippen LogP contribution in [0.3, 0.4) is 0 Å². The third-order valence-electron chi connectivity index (χ3n) is 14.2. The van der Waals surface area contributed by atoms with Crippen LogP contribution in [0.4, 0.5) is 0 Å². The van der Waals surface area contributed by atoms with Gasteiger partial charge in [0.15, 0.2) is 0 Å². The number of nitrogens with zero attached hydrogens (tertiary/aromatic N) is 1. The molecule has 7 aliphatic rings. The highest BCUT2D eigenvalue weighted by Crippen LogP contribution is 2.62. The van der Waals surface area contributed by atoms with E-state index in [0.29, 0.717) is 43.1 Å². The summed E-state index contributed by atoms with van der Waals surface area (Å²) in [5.74, 6) is -3.84. The van der Waals surface area contributed by atoms with Gasteiger partial charge in [0.25, 0.3) is 0 Å². The second kappa shape index (κ2) is 18.0. The molecule has 2 saturated heterocycles. The summed E-state index contributed by atoms with van der Waals surface area (Å²) in [6.07, 6.45) is 5.71. The molecule has 334 valence electrons. The quantitative estimate of drug-likeness (QED) is 0.184. The zero-order valence-corrected chi connectivity index (χ0v) is 35.9. The van der Waals surface area contributed by atoms with E-state index < -0.39 is 95.4 Å². The van der Waals surface area contributed by atoms with E-state index in [9.17, 15) is 43.8 Å². The van der Waals surface area contributed by atoms with Gasteiger partial charge in [0.2, 0.25) is 41.4 Å². The molecule has 2 heterocycles. The lowest BCUT2D eigenvalue weighted by Gasteiger charge is -2.60. The van der Waals surface area contributed by atoms with Crippen molar-refractivity contribution in [1.82, 2.24) is 36.8 Å². The van der Waals surface area contributed by atoms with Crippen molar-refractivity contribution in [2.24, 2.45) is 29.1 Å². The van der Waals surface area contributed by atoms with Crippen LogP contribution in [0, 0.1) is 29.1 Å². The highest BCUT2D eigenvalue weighted by molar-refractivity contribution is 5.97. The van der Waals surface area contributed by atoms with Crippen LogP contribution >= 0.6 is 0 Å². The maximum absolute atomic E-state index is 14.9. The zero-order valence-electron chi connectivity index (χ0n) is 35.9. The molecule has 61 heavy (non-hydrogen) atoms. The van der Waals surface area contributed by atoms with Gasteiger partial charge in [0.05, 0.1) is 17.6 Å². The molecule has 16 heteroatoms. The number of benzene rings is 1. The molecular formula is C45H65N7O9. The molecule has 3 unspecified atom stereocenters. The first-order valence-corrected chi connectivity index (χ1v) is 22.5. The Morgan fingerprint density at radius 2 is 1.51 bits per heavy atom. The lowest BCUT2D eigenvalue weighted by atomic mass is 9.47. The van der Waals surface area contributed by atoms with Crippen molar-refractivity contribution in [3.05, 3.63) is 35.9 Å². The van der Waals surface area contributed by atoms with E-state index in [1.54, 1.807) is 24.3 Å². The fourth-order valence-electron chi connectivity index (χ4n) is 11.9. The SMILES string of the molecule is CC(C)C[C@@H]1NC(=O)[C@@H]2CCC[C@H]2NC(=O)[C@H](C)NC(=O)C2C[C@@H](NC(=O)CC34CC5CC(CC(O)(C5)C3)C4)CN2C(=O)[C@H](Cc2ccccc2)NC(=O)[C@H]([C@@H](C)O)NC1=O. The van der Waals surface area contributed by atoms with Crippen LogP contribution in [-0.2, 0) is 40.0 Å². The summed E-state index contributed by atoms with van der Waals surface area (Å²) in [5.41, 5.74) is -0.347. The molecule has 2 aliphatic heterocycles. The van der Waals surface area contributed by atoms with Crippen molar-refractivity contribution in [1.29, 1.82) is 0 Å². The average molecular weight is 848 g/mol. The number of aliphatic hydroxyl groups is 2. The largest absolute Gasteiger partial charge is 0.391 e. The molecule has 7 fully saturated rings. The van der Waals surface area contributed by atoms with Gasteiger partial charge in [0.1, 0.15) is 30.2 Å². The summed E-state index contributed by atoms with van der Waals surface area (Å²) in [6.45, 7) is 6.58. The number of aliphatic hydroxyl groups excluding tert-OH is 1. The summed E-state index contributed by atoms with van der Waals surface area (Å²) < 4.78 is 0. The molecule has 8 N–H and O–H groups in total. The van der Waals surface area contributed by atoms with Gasteiger partial charge in [0, 0.05) is 31.5 Å². The first-order valence-electron chi connectivity index (χ1n) is 22.5. The van der Waals surface area contributed by atoms with Crippen LogP contribution in [-0.4, -0.2) is 117 Å². The second-order valence-electron chi connectivity index (χ2n) is 19.9. The van der Waals surface area contributed by atoms with E-state index in [2.05, 4.69) is 31.9 Å². The lowest BCUT2D eigenvalue weighted by Crippen LogP contribution is -2.61. The molecular weight excluding hydrogens is 783 g/mol. The molecule has 1 aromatic carbocycles. The molecule has 0 spiro atoms. The summed E-state index contributed by atoms with van der Waals surface area (Å²) >= 11 is 0. The van der Waals surface area contributed by atoms with Gasteiger partial charge in [-0.15, -0.1) is 0 Å². The molecule has 5 aliphatic carbocycles. The number of hydrogen-bond donors (Lipinski definition) is 8. The van der Waals surface area contributed by atoms with Gasteiger partial charge >= 0.3 is 0 Å². The standard InChI is InChI=1S/C45H65N7O9/c1-24(2)13-33-40(57)51-37(26(4)53)42(59)50-34(15-27-9-6-5-7-10-27)43(60)52-22-30(47-36(54)21-44-17-28-14-29(18-44)20-45(61,19-28)23-44)16-35(52)41(58)46-25(3)38(55)48-32-12-8-11-31(32)39(56)49-33/h5-7,9-10,24-26,28-35,37,53,61H,8,11-23H2,1-4H3,(H,46,58)(H,47,54)(H,48,55)(H,49,56)(H,50,59)(H,51,57)/t25-,26+,28?,29?,30+,31+,32+,33-,34-,35?,37-,44?,45?/m0/s1. The van der Waals surface area contributed by atoms with Gasteiger partial charge in [-0.3, -0.25) is 33.6 Å². The molecule has 5 saturated carbocycles. The highest BCUT2D eigenvalue weighted by atomic mass is 16.3. The van der Waals surface area contributed by atoms with Crippen LogP contribution in [0.1, 0.15) is 110 Å². The first kappa shape index (κ1) is 44.5. The predicted octanol–water partition coefficient (Wildman–Crippen LogP) is 0.721. The fraction of sp³-hybridized carbons (Fsp3) is 0.711.